The van der Waals surface area contributed by atoms with E-state index in [0.29, 0.717) is 19.3 Å². The molecule has 0 aromatic carbocycles. The SMILES string of the molecule is CC(C)(O)C1CCC(C2CCC3(C)C4=C(CC(O)C23C)C2(C)CC(O)C(O)C(C)(C)C2CC4)C(O)O1. The van der Waals surface area contributed by atoms with Gasteiger partial charge in [-0.1, -0.05) is 45.8 Å². The van der Waals surface area contributed by atoms with Crippen LogP contribution in [0.4, 0.5) is 0 Å². The molecule has 3 fully saturated rings. The van der Waals surface area contributed by atoms with Crippen molar-refractivity contribution in [2.24, 2.45) is 39.4 Å². The monoisotopic (exact) mass is 506 g/mol. The van der Waals surface area contributed by atoms with Crippen LogP contribution >= 0.6 is 0 Å². The Morgan fingerprint density at radius 2 is 1.56 bits per heavy atom. The van der Waals surface area contributed by atoms with Crippen LogP contribution in [0.1, 0.15) is 99.8 Å². The second-order valence-electron chi connectivity index (χ2n) is 14.9. The third-order valence-electron chi connectivity index (χ3n) is 12.6. The first-order valence-corrected chi connectivity index (χ1v) is 14.3. The Morgan fingerprint density at radius 1 is 0.889 bits per heavy atom. The standard InChI is InChI=1S/C30H50O6/c1-26(2)21-10-9-18-19(28(21,5)15-20(31)24(26)33)14-22(32)30(7)17(12-13-29(18,30)6)16-8-11-23(27(3,4)35)36-25(16)34/h16-17,20-25,31-35H,8-15H2,1-7H3. The largest absolute Gasteiger partial charge is 0.392 e. The maximum Gasteiger partial charge on any atom is 0.158 e. The van der Waals surface area contributed by atoms with Gasteiger partial charge in [0, 0.05) is 11.3 Å². The van der Waals surface area contributed by atoms with Gasteiger partial charge < -0.3 is 30.3 Å². The lowest BCUT2D eigenvalue weighted by Gasteiger charge is -2.64. The van der Waals surface area contributed by atoms with Gasteiger partial charge in [0.2, 0.25) is 0 Å². The molecule has 36 heavy (non-hydrogen) atoms. The van der Waals surface area contributed by atoms with E-state index in [0.717, 1.165) is 32.1 Å². The fraction of sp³-hybridized carbons (Fsp3) is 0.933. The smallest absolute Gasteiger partial charge is 0.158 e. The van der Waals surface area contributed by atoms with E-state index in [4.69, 9.17) is 4.74 Å². The average Bonchev–Trinajstić information content (AvgIpc) is 3.05. The van der Waals surface area contributed by atoms with E-state index in [1.165, 1.54) is 11.1 Å². The van der Waals surface area contributed by atoms with Gasteiger partial charge in [0.1, 0.15) is 0 Å². The van der Waals surface area contributed by atoms with Gasteiger partial charge in [-0.25, -0.2) is 0 Å². The summed E-state index contributed by atoms with van der Waals surface area (Å²) in [4.78, 5) is 0. The molecular formula is C30H50O6. The first-order valence-electron chi connectivity index (χ1n) is 14.3. The van der Waals surface area contributed by atoms with Crippen molar-refractivity contribution in [2.45, 2.75) is 136 Å². The topological polar surface area (TPSA) is 110 Å². The lowest BCUT2D eigenvalue weighted by Crippen LogP contribution is -2.61. The zero-order valence-corrected chi connectivity index (χ0v) is 23.4. The van der Waals surface area contributed by atoms with E-state index in [-0.39, 0.29) is 40.1 Å². The van der Waals surface area contributed by atoms with E-state index in [1.54, 1.807) is 13.8 Å². The van der Waals surface area contributed by atoms with Crippen LogP contribution in [0.5, 0.6) is 0 Å². The minimum atomic E-state index is -0.996. The molecule has 1 aliphatic heterocycles. The van der Waals surface area contributed by atoms with Crippen LogP contribution in [0, 0.1) is 39.4 Å². The molecule has 2 saturated carbocycles. The summed E-state index contributed by atoms with van der Waals surface area (Å²) in [6.45, 7) is 14.5. The fourth-order valence-corrected chi connectivity index (χ4v) is 10.3. The molecule has 11 unspecified atom stereocenters. The molecule has 1 saturated heterocycles. The zero-order chi connectivity index (χ0) is 26.6. The predicted octanol–water partition coefficient (Wildman–Crippen LogP) is 3.92. The number of fused-ring (bicyclic) bond motifs is 4. The predicted molar refractivity (Wildman–Crippen MR) is 138 cm³/mol. The quantitative estimate of drug-likeness (QED) is 0.363. The van der Waals surface area contributed by atoms with Crippen LogP contribution in [0.3, 0.4) is 0 Å². The number of allylic oxidation sites excluding steroid dienone is 1. The van der Waals surface area contributed by atoms with Crippen LogP contribution in [0.2, 0.25) is 0 Å². The molecule has 0 amide bonds. The van der Waals surface area contributed by atoms with E-state index in [2.05, 4.69) is 34.6 Å². The highest BCUT2D eigenvalue weighted by Gasteiger charge is 2.68. The summed E-state index contributed by atoms with van der Waals surface area (Å²) in [5.74, 6) is 0.321. The van der Waals surface area contributed by atoms with Crippen molar-refractivity contribution in [2.75, 3.05) is 0 Å². The van der Waals surface area contributed by atoms with Crippen LogP contribution in [0.15, 0.2) is 11.1 Å². The lowest BCUT2D eigenvalue weighted by molar-refractivity contribution is -0.251. The Hall–Kier alpha value is -0.500. The molecule has 11 atom stereocenters. The summed E-state index contributed by atoms with van der Waals surface area (Å²) in [7, 11) is 0. The van der Waals surface area contributed by atoms with Gasteiger partial charge in [-0.05, 0) is 93.3 Å². The van der Waals surface area contributed by atoms with Gasteiger partial charge >= 0.3 is 0 Å². The second-order valence-corrected chi connectivity index (χ2v) is 14.9. The first kappa shape index (κ1) is 27.1. The molecule has 4 aliphatic carbocycles. The Labute approximate surface area is 217 Å². The Kier molecular flexibility index (Phi) is 6.21. The summed E-state index contributed by atoms with van der Waals surface area (Å²) in [5, 5.41) is 55.2. The highest BCUT2D eigenvalue weighted by atomic mass is 16.6. The molecule has 5 N–H and O–H groups in total. The molecule has 0 radical (unpaired) electrons. The molecular weight excluding hydrogens is 456 g/mol. The van der Waals surface area contributed by atoms with Crippen LogP contribution in [-0.2, 0) is 4.74 Å². The maximum atomic E-state index is 12.0. The van der Waals surface area contributed by atoms with Crippen molar-refractivity contribution in [3.05, 3.63) is 11.1 Å². The summed E-state index contributed by atoms with van der Waals surface area (Å²) >= 11 is 0. The molecule has 5 aliphatic rings. The third-order valence-corrected chi connectivity index (χ3v) is 12.6. The molecule has 206 valence electrons. The van der Waals surface area contributed by atoms with Crippen molar-refractivity contribution >= 4 is 0 Å². The molecule has 1 heterocycles. The van der Waals surface area contributed by atoms with Crippen molar-refractivity contribution in [3.63, 3.8) is 0 Å². The Balaban J connectivity index is 1.51. The highest BCUT2D eigenvalue weighted by molar-refractivity contribution is 5.40. The van der Waals surface area contributed by atoms with Gasteiger partial charge in [0.15, 0.2) is 6.29 Å². The van der Waals surface area contributed by atoms with Crippen molar-refractivity contribution in [1.82, 2.24) is 0 Å². The van der Waals surface area contributed by atoms with Gasteiger partial charge in [-0.15, -0.1) is 0 Å². The van der Waals surface area contributed by atoms with Gasteiger partial charge in [0.05, 0.1) is 30.0 Å². The summed E-state index contributed by atoms with van der Waals surface area (Å²) in [6.07, 6.45) is 3.11. The van der Waals surface area contributed by atoms with E-state index in [1.807, 2.05) is 0 Å². The van der Waals surface area contributed by atoms with Gasteiger partial charge in [0.25, 0.3) is 0 Å². The minimum Gasteiger partial charge on any atom is -0.392 e. The molecule has 0 spiro atoms. The molecule has 0 aromatic rings. The minimum absolute atomic E-state index is 0.0651. The summed E-state index contributed by atoms with van der Waals surface area (Å²) in [6, 6.07) is 0. The fourth-order valence-electron chi connectivity index (χ4n) is 10.3. The molecule has 0 aromatic heterocycles. The van der Waals surface area contributed by atoms with Crippen molar-refractivity contribution < 1.29 is 30.3 Å². The highest BCUT2D eigenvalue weighted by Crippen LogP contribution is 2.72. The van der Waals surface area contributed by atoms with Crippen LogP contribution in [0.25, 0.3) is 0 Å². The normalized spacial score (nSPS) is 53.0. The third kappa shape index (κ3) is 3.43. The number of aliphatic hydroxyl groups is 5. The lowest BCUT2D eigenvalue weighted by atomic mass is 9.42. The van der Waals surface area contributed by atoms with Crippen molar-refractivity contribution in [1.29, 1.82) is 0 Å². The first-order chi connectivity index (χ1) is 16.5. The van der Waals surface area contributed by atoms with E-state index >= 15 is 0 Å². The number of aliphatic hydroxyl groups excluding tert-OH is 4. The van der Waals surface area contributed by atoms with E-state index in [9.17, 15) is 25.5 Å². The molecule has 6 heteroatoms. The summed E-state index contributed by atoms with van der Waals surface area (Å²) < 4.78 is 5.97. The molecule has 5 rings (SSSR count). The Bertz CT molecular complexity index is 921. The maximum absolute atomic E-state index is 12.0. The number of hydrogen-bond acceptors (Lipinski definition) is 6. The van der Waals surface area contributed by atoms with Gasteiger partial charge in [-0.2, -0.15) is 0 Å². The molecule has 0 bridgehead atoms. The Morgan fingerprint density at radius 3 is 2.17 bits per heavy atom. The summed E-state index contributed by atoms with van der Waals surface area (Å²) in [5.41, 5.74) is 0.599. The second kappa shape index (κ2) is 8.25. The van der Waals surface area contributed by atoms with Crippen molar-refractivity contribution in [3.8, 4) is 0 Å². The number of hydrogen-bond donors (Lipinski definition) is 5. The van der Waals surface area contributed by atoms with Crippen LogP contribution < -0.4 is 0 Å². The zero-order valence-electron chi connectivity index (χ0n) is 23.4. The number of ether oxygens (including phenoxy) is 1. The van der Waals surface area contributed by atoms with Gasteiger partial charge in [-0.3, -0.25) is 0 Å². The van der Waals surface area contributed by atoms with Crippen LogP contribution in [-0.4, -0.2) is 61.8 Å². The molecule has 6 nitrogen and oxygen atoms in total. The number of rotatable bonds is 2. The van der Waals surface area contributed by atoms with E-state index < -0.39 is 35.6 Å². The average molecular weight is 507 g/mol.